The minimum Gasteiger partial charge on any atom is -0.396 e. The third kappa shape index (κ3) is 5.62. The topological polar surface area (TPSA) is 70.9 Å². The van der Waals surface area contributed by atoms with Crippen LogP contribution in [0.5, 0.6) is 0 Å². The van der Waals surface area contributed by atoms with Gasteiger partial charge in [-0.3, -0.25) is 4.79 Å². The molecule has 1 aromatic rings. The van der Waals surface area contributed by atoms with Crippen LogP contribution < -0.4 is 5.32 Å². The van der Waals surface area contributed by atoms with Gasteiger partial charge in [0.05, 0.1) is 0 Å². The summed E-state index contributed by atoms with van der Waals surface area (Å²) in [6.07, 6.45) is 1.39. The highest BCUT2D eigenvalue weighted by Gasteiger charge is 1.99. The van der Waals surface area contributed by atoms with Gasteiger partial charge in [-0.15, -0.1) is 0 Å². The van der Waals surface area contributed by atoms with E-state index in [1.165, 1.54) is 18.2 Å². The summed E-state index contributed by atoms with van der Waals surface area (Å²) in [6.45, 7) is 0.241. The monoisotopic (exact) mass is 240 g/mol. The molecule has 0 aliphatic rings. The van der Waals surface area contributed by atoms with Crippen LogP contribution in [0.2, 0.25) is 0 Å². The molecule has 0 spiro atoms. The lowest BCUT2D eigenvalue weighted by Crippen LogP contribution is -2.13. The maximum absolute atomic E-state index is 12.8. The molecule has 0 bridgehead atoms. The average molecular weight is 240 g/mol. The van der Waals surface area contributed by atoms with Crippen molar-refractivity contribution < 1.29 is 19.1 Å². The lowest BCUT2D eigenvalue weighted by Gasteiger charge is -2.01. The van der Waals surface area contributed by atoms with Crippen LogP contribution in [-0.4, -0.2) is 30.4 Å². The third-order valence-corrected chi connectivity index (χ3v) is 1.73. The number of amides is 1. The highest BCUT2D eigenvalue weighted by atomic mass is 19.1. The van der Waals surface area contributed by atoms with Gasteiger partial charge in [0, 0.05) is 18.7 Å². The Kier molecular flexibility index (Phi) is 5.67. The maximum atomic E-state index is 12.8. The van der Waals surface area contributed by atoms with Crippen molar-refractivity contribution in [2.75, 3.05) is 18.5 Å². The lowest BCUT2D eigenvalue weighted by molar-refractivity contribution is -0.110. The first-order valence-corrected chi connectivity index (χ1v) is 5.05. The Morgan fingerprint density at radius 1 is 1.59 bits per heavy atom. The van der Waals surface area contributed by atoms with E-state index in [0.29, 0.717) is 12.1 Å². The molecule has 0 aromatic heterocycles. The Bertz CT molecular complexity index is 396. The number of halogens is 1. The first kappa shape index (κ1) is 13.1. The van der Waals surface area contributed by atoms with Crippen molar-refractivity contribution in [3.8, 4) is 0 Å². The first-order chi connectivity index (χ1) is 8.22. The highest BCUT2D eigenvalue weighted by Crippen LogP contribution is 2.08. The SMILES string of the molecule is O=C(/C=N/OCCCO)Nc1cccc(F)c1. The van der Waals surface area contributed by atoms with Gasteiger partial charge in [-0.25, -0.2) is 4.39 Å². The third-order valence-electron chi connectivity index (χ3n) is 1.73. The van der Waals surface area contributed by atoms with Crippen LogP contribution in [0, 0.1) is 5.82 Å². The van der Waals surface area contributed by atoms with Gasteiger partial charge < -0.3 is 15.3 Å². The summed E-state index contributed by atoms with van der Waals surface area (Å²) in [7, 11) is 0. The van der Waals surface area contributed by atoms with Gasteiger partial charge >= 0.3 is 0 Å². The Labute approximate surface area is 97.9 Å². The molecule has 0 unspecified atom stereocenters. The predicted octanol–water partition coefficient (Wildman–Crippen LogP) is 1.15. The number of aliphatic hydroxyl groups is 1. The molecule has 0 aliphatic heterocycles. The maximum Gasteiger partial charge on any atom is 0.270 e. The van der Waals surface area contributed by atoms with E-state index in [1.54, 1.807) is 6.07 Å². The van der Waals surface area contributed by atoms with Crippen molar-refractivity contribution in [3.63, 3.8) is 0 Å². The van der Waals surface area contributed by atoms with Crippen molar-refractivity contribution in [1.29, 1.82) is 0 Å². The lowest BCUT2D eigenvalue weighted by atomic mass is 10.3. The number of nitrogens with one attached hydrogen (secondary N) is 1. The molecule has 6 heteroatoms. The summed E-state index contributed by atoms with van der Waals surface area (Å²) >= 11 is 0. The first-order valence-electron chi connectivity index (χ1n) is 5.05. The summed E-state index contributed by atoms with van der Waals surface area (Å²) in [5.74, 6) is -0.946. The predicted molar refractivity (Wildman–Crippen MR) is 61.2 cm³/mol. The Balaban J connectivity index is 2.34. The van der Waals surface area contributed by atoms with Crippen LogP contribution in [0.3, 0.4) is 0 Å². The molecule has 0 fully saturated rings. The fraction of sp³-hybridized carbons (Fsp3) is 0.273. The van der Waals surface area contributed by atoms with Crippen molar-refractivity contribution >= 4 is 17.8 Å². The molecule has 0 aliphatic carbocycles. The number of oxime groups is 1. The van der Waals surface area contributed by atoms with Gasteiger partial charge in [-0.05, 0) is 18.2 Å². The van der Waals surface area contributed by atoms with Gasteiger partial charge in [-0.2, -0.15) is 0 Å². The quantitative estimate of drug-likeness (QED) is 0.445. The van der Waals surface area contributed by atoms with Crippen LogP contribution in [-0.2, 0) is 9.63 Å². The molecule has 1 rings (SSSR count). The van der Waals surface area contributed by atoms with E-state index < -0.39 is 11.7 Å². The zero-order valence-electron chi connectivity index (χ0n) is 9.10. The van der Waals surface area contributed by atoms with Crippen LogP contribution in [0.1, 0.15) is 6.42 Å². The Morgan fingerprint density at radius 2 is 2.41 bits per heavy atom. The molecule has 17 heavy (non-hydrogen) atoms. The van der Waals surface area contributed by atoms with E-state index >= 15 is 0 Å². The second-order valence-corrected chi connectivity index (χ2v) is 3.14. The van der Waals surface area contributed by atoms with E-state index in [4.69, 9.17) is 5.11 Å². The van der Waals surface area contributed by atoms with Crippen LogP contribution >= 0.6 is 0 Å². The average Bonchev–Trinajstić information content (AvgIpc) is 2.29. The Hall–Kier alpha value is -1.95. The van der Waals surface area contributed by atoms with E-state index in [2.05, 4.69) is 15.3 Å². The number of benzene rings is 1. The number of rotatable bonds is 6. The van der Waals surface area contributed by atoms with Gasteiger partial charge in [0.15, 0.2) is 0 Å². The van der Waals surface area contributed by atoms with Crippen molar-refractivity contribution in [2.24, 2.45) is 5.16 Å². The number of nitrogens with zero attached hydrogens (tertiary/aromatic N) is 1. The molecule has 1 amide bonds. The minimum absolute atomic E-state index is 0.00497. The molecule has 5 nitrogen and oxygen atoms in total. The number of carbonyl (C=O) groups is 1. The largest absolute Gasteiger partial charge is 0.396 e. The summed E-state index contributed by atoms with van der Waals surface area (Å²) in [5.41, 5.74) is 0.344. The molecule has 2 N–H and O–H groups in total. The summed E-state index contributed by atoms with van der Waals surface area (Å²) in [4.78, 5) is 15.9. The van der Waals surface area contributed by atoms with Crippen molar-refractivity contribution in [1.82, 2.24) is 0 Å². The fourth-order valence-electron chi connectivity index (χ4n) is 1.01. The standard InChI is InChI=1S/C11H13FN2O3/c12-9-3-1-4-10(7-9)14-11(16)8-13-17-6-2-5-15/h1,3-4,7-8,15H,2,5-6H2,(H,14,16)/b13-8+. The van der Waals surface area contributed by atoms with Crippen LogP contribution in [0.25, 0.3) is 0 Å². The number of hydrogen-bond acceptors (Lipinski definition) is 4. The molecule has 0 radical (unpaired) electrons. The van der Waals surface area contributed by atoms with Crippen molar-refractivity contribution in [3.05, 3.63) is 30.1 Å². The fourth-order valence-corrected chi connectivity index (χ4v) is 1.01. The molecule has 1 aromatic carbocycles. The molecule has 0 saturated carbocycles. The second kappa shape index (κ2) is 7.34. The number of carbonyl (C=O) groups excluding carboxylic acids is 1. The van der Waals surface area contributed by atoms with Gasteiger partial charge in [0.1, 0.15) is 18.6 Å². The number of aliphatic hydroxyl groups excluding tert-OH is 1. The van der Waals surface area contributed by atoms with Crippen LogP contribution in [0.4, 0.5) is 10.1 Å². The Morgan fingerprint density at radius 3 is 3.12 bits per heavy atom. The molecule has 0 atom stereocenters. The van der Waals surface area contributed by atoms with E-state index in [9.17, 15) is 9.18 Å². The van der Waals surface area contributed by atoms with E-state index in [1.807, 2.05) is 0 Å². The minimum atomic E-state index is -0.514. The number of hydrogen-bond donors (Lipinski definition) is 2. The van der Waals surface area contributed by atoms with Gasteiger partial charge in [-0.1, -0.05) is 11.2 Å². The van der Waals surface area contributed by atoms with E-state index in [-0.39, 0.29) is 13.2 Å². The van der Waals surface area contributed by atoms with Gasteiger partial charge in [0.25, 0.3) is 5.91 Å². The highest BCUT2D eigenvalue weighted by molar-refractivity contribution is 6.31. The van der Waals surface area contributed by atoms with Gasteiger partial charge in [0.2, 0.25) is 0 Å². The normalized spacial score (nSPS) is 10.5. The van der Waals surface area contributed by atoms with Crippen molar-refractivity contribution in [2.45, 2.75) is 6.42 Å². The molecular formula is C11H13FN2O3. The number of anilines is 1. The molecule has 0 heterocycles. The zero-order chi connectivity index (χ0) is 12.5. The smallest absolute Gasteiger partial charge is 0.270 e. The molecule has 92 valence electrons. The second-order valence-electron chi connectivity index (χ2n) is 3.14. The molecular weight excluding hydrogens is 227 g/mol. The summed E-state index contributed by atoms with van der Waals surface area (Å²) in [5, 5.41) is 14.3. The summed E-state index contributed by atoms with van der Waals surface area (Å²) < 4.78 is 12.8. The van der Waals surface area contributed by atoms with E-state index in [0.717, 1.165) is 6.21 Å². The zero-order valence-corrected chi connectivity index (χ0v) is 9.10. The summed E-state index contributed by atoms with van der Waals surface area (Å²) in [6, 6.07) is 5.52. The van der Waals surface area contributed by atoms with Crippen LogP contribution in [0.15, 0.2) is 29.4 Å². The molecule has 0 saturated heterocycles.